The summed E-state index contributed by atoms with van der Waals surface area (Å²) in [5, 5.41) is 9.27. The van der Waals surface area contributed by atoms with Crippen molar-refractivity contribution in [3.05, 3.63) is 65.7 Å². The minimum atomic E-state index is -3.17. The van der Waals surface area contributed by atoms with E-state index in [4.69, 9.17) is 4.74 Å². The predicted octanol–water partition coefficient (Wildman–Crippen LogP) is 1.76. The SMILES string of the molecule is O=C(OCC(=O)N(Cc1ccccc1)[C@@H]1CCS(=O)(=O)C1)c1ccc(O)cc1. The molecule has 1 amide bonds. The number of amides is 1. The lowest BCUT2D eigenvalue weighted by atomic mass is 10.1. The molecule has 1 heterocycles. The number of hydrogen-bond donors (Lipinski definition) is 1. The van der Waals surface area contributed by atoms with Gasteiger partial charge in [-0.1, -0.05) is 30.3 Å². The van der Waals surface area contributed by atoms with E-state index in [1.165, 1.54) is 29.2 Å². The van der Waals surface area contributed by atoms with Gasteiger partial charge in [0.1, 0.15) is 5.75 Å². The van der Waals surface area contributed by atoms with Gasteiger partial charge in [-0.25, -0.2) is 13.2 Å². The number of phenols is 1. The molecular weight excluding hydrogens is 382 g/mol. The van der Waals surface area contributed by atoms with Crippen LogP contribution in [0.2, 0.25) is 0 Å². The van der Waals surface area contributed by atoms with Crippen LogP contribution in [-0.2, 0) is 25.9 Å². The molecule has 0 aromatic heterocycles. The lowest BCUT2D eigenvalue weighted by molar-refractivity contribution is -0.137. The number of hydrogen-bond acceptors (Lipinski definition) is 6. The van der Waals surface area contributed by atoms with Crippen LogP contribution in [0.4, 0.5) is 0 Å². The summed E-state index contributed by atoms with van der Waals surface area (Å²) in [5.41, 5.74) is 1.08. The van der Waals surface area contributed by atoms with Crippen LogP contribution in [0.3, 0.4) is 0 Å². The van der Waals surface area contributed by atoms with Crippen molar-refractivity contribution >= 4 is 21.7 Å². The molecule has 0 bridgehead atoms. The Kier molecular flexibility index (Phi) is 5.99. The standard InChI is InChI=1S/C20H21NO6S/c22-18-8-6-16(7-9-18)20(24)27-13-19(23)21(12-15-4-2-1-3-5-15)17-10-11-28(25,26)14-17/h1-9,17,22H,10-14H2/t17-/m1/s1. The lowest BCUT2D eigenvalue weighted by Crippen LogP contribution is -2.42. The third-order valence-corrected chi connectivity index (χ3v) is 6.35. The van der Waals surface area contributed by atoms with Crippen LogP contribution in [-0.4, -0.2) is 54.5 Å². The first-order chi connectivity index (χ1) is 13.3. The van der Waals surface area contributed by atoms with Gasteiger partial charge >= 0.3 is 5.97 Å². The van der Waals surface area contributed by atoms with Crippen LogP contribution in [0.15, 0.2) is 54.6 Å². The zero-order valence-corrected chi connectivity index (χ0v) is 16.0. The molecule has 8 heteroatoms. The van der Waals surface area contributed by atoms with Crippen molar-refractivity contribution in [2.24, 2.45) is 0 Å². The average molecular weight is 403 g/mol. The quantitative estimate of drug-likeness (QED) is 0.738. The van der Waals surface area contributed by atoms with E-state index < -0.39 is 34.4 Å². The maximum absolute atomic E-state index is 12.7. The summed E-state index contributed by atoms with van der Waals surface area (Å²) in [6.07, 6.45) is 0.368. The van der Waals surface area contributed by atoms with Crippen molar-refractivity contribution in [2.75, 3.05) is 18.1 Å². The number of aromatic hydroxyl groups is 1. The Balaban J connectivity index is 1.69. The van der Waals surface area contributed by atoms with E-state index in [0.717, 1.165) is 5.56 Å². The number of nitrogens with zero attached hydrogens (tertiary/aromatic N) is 1. The number of phenolic OH excluding ortho intramolecular Hbond substituents is 1. The average Bonchev–Trinajstić information content (AvgIpc) is 3.04. The Morgan fingerprint density at radius 3 is 2.36 bits per heavy atom. The van der Waals surface area contributed by atoms with E-state index in [1.807, 2.05) is 30.3 Å². The highest BCUT2D eigenvalue weighted by molar-refractivity contribution is 7.91. The van der Waals surface area contributed by atoms with Gasteiger partial charge in [0.05, 0.1) is 17.1 Å². The molecule has 2 aromatic rings. The maximum Gasteiger partial charge on any atom is 0.338 e. The largest absolute Gasteiger partial charge is 0.508 e. The number of ether oxygens (including phenoxy) is 1. The van der Waals surface area contributed by atoms with Crippen LogP contribution in [0.1, 0.15) is 22.3 Å². The van der Waals surface area contributed by atoms with Crippen LogP contribution in [0.25, 0.3) is 0 Å². The first-order valence-corrected chi connectivity index (χ1v) is 10.7. The fourth-order valence-corrected chi connectivity index (χ4v) is 4.84. The first kappa shape index (κ1) is 19.9. The Hall–Kier alpha value is -2.87. The Morgan fingerprint density at radius 1 is 1.07 bits per heavy atom. The van der Waals surface area contributed by atoms with Crippen molar-refractivity contribution in [3.63, 3.8) is 0 Å². The van der Waals surface area contributed by atoms with Crippen LogP contribution < -0.4 is 0 Å². The number of carbonyl (C=O) groups excluding carboxylic acids is 2. The van der Waals surface area contributed by atoms with Gasteiger partial charge < -0.3 is 14.7 Å². The van der Waals surface area contributed by atoms with Crippen molar-refractivity contribution in [3.8, 4) is 5.75 Å². The Bertz CT molecular complexity index is 940. The van der Waals surface area contributed by atoms with Crippen LogP contribution in [0.5, 0.6) is 5.75 Å². The summed E-state index contributed by atoms with van der Waals surface area (Å²) < 4.78 is 28.8. The first-order valence-electron chi connectivity index (χ1n) is 8.84. The second-order valence-electron chi connectivity index (χ2n) is 6.69. The number of esters is 1. The monoisotopic (exact) mass is 403 g/mol. The summed E-state index contributed by atoms with van der Waals surface area (Å²) >= 11 is 0. The van der Waals surface area contributed by atoms with E-state index in [9.17, 15) is 23.1 Å². The molecule has 2 aromatic carbocycles. The molecule has 7 nitrogen and oxygen atoms in total. The van der Waals surface area contributed by atoms with Gasteiger partial charge in [0, 0.05) is 12.6 Å². The topological polar surface area (TPSA) is 101 Å². The molecule has 1 aliphatic heterocycles. The summed E-state index contributed by atoms with van der Waals surface area (Å²) in [7, 11) is -3.17. The van der Waals surface area contributed by atoms with Gasteiger partial charge in [-0.3, -0.25) is 4.79 Å². The second kappa shape index (κ2) is 8.43. The molecule has 1 N–H and O–H groups in total. The zero-order valence-electron chi connectivity index (χ0n) is 15.2. The summed E-state index contributed by atoms with van der Waals surface area (Å²) in [5.74, 6) is -1.16. The summed E-state index contributed by atoms with van der Waals surface area (Å²) in [6.45, 7) is -0.236. The summed E-state index contributed by atoms with van der Waals surface area (Å²) in [4.78, 5) is 26.3. The smallest absolute Gasteiger partial charge is 0.338 e. The number of rotatable bonds is 6. The molecule has 1 atom stereocenters. The van der Waals surface area contributed by atoms with E-state index >= 15 is 0 Å². The molecule has 0 aliphatic carbocycles. The van der Waals surface area contributed by atoms with E-state index in [0.29, 0.717) is 6.42 Å². The van der Waals surface area contributed by atoms with Crippen LogP contribution in [0, 0.1) is 0 Å². The molecule has 3 rings (SSSR count). The summed E-state index contributed by atoms with van der Waals surface area (Å²) in [6, 6.07) is 14.3. The van der Waals surface area contributed by atoms with Crippen LogP contribution >= 0.6 is 0 Å². The molecule has 148 valence electrons. The van der Waals surface area contributed by atoms with Gasteiger partial charge in [-0.2, -0.15) is 0 Å². The number of carbonyl (C=O) groups is 2. The van der Waals surface area contributed by atoms with E-state index in [2.05, 4.69) is 0 Å². The molecule has 1 saturated heterocycles. The minimum absolute atomic E-state index is 0.0177. The van der Waals surface area contributed by atoms with Crippen molar-refractivity contribution in [2.45, 2.75) is 19.0 Å². The molecule has 1 aliphatic rings. The molecule has 0 unspecified atom stereocenters. The van der Waals surface area contributed by atoms with Gasteiger partial charge in [0.25, 0.3) is 5.91 Å². The van der Waals surface area contributed by atoms with Gasteiger partial charge in [-0.05, 0) is 36.2 Å². The van der Waals surface area contributed by atoms with Gasteiger partial charge in [0.15, 0.2) is 16.4 Å². The van der Waals surface area contributed by atoms with Gasteiger partial charge in [0.2, 0.25) is 0 Å². The maximum atomic E-state index is 12.7. The van der Waals surface area contributed by atoms with E-state index in [1.54, 1.807) is 0 Å². The molecule has 0 radical (unpaired) electrons. The molecule has 0 spiro atoms. The van der Waals surface area contributed by atoms with Crippen molar-refractivity contribution in [1.82, 2.24) is 4.90 Å². The number of benzene rings is 2. The third kappa shape index (κ3) is 5.10. The predicted molar refractivity (Wildman–Crippen MR) is 102 cm³/mol. The third-order valence-electron chi connectivity index (χ3n) is 4.60. The second-order valence-corrected chi connectivity index (χ2v) is 8.92. The van der Waals surface area contributed by atoms with Crippen molar-refractivity contribution in [1.29, 1.82) is 0 Å². The van der Waals surface area contributed by atoms with Gasteiger partial charge in [-0.15, -0.1) is 0 Å². The van der Waals surface area contributed by atoms with Crippen molar-refractivity contribution < 1.29 is 27.9 Å². The Labute approximate surface area is 163 Å². The fraction of sp³-hybridized carbons (Fsp3) is 0.300. The highest BCUT2D eigenvalue weighted by Crippen LogP contribution is 2.20. The molecule has 28 heavy (non-hydrogen) atoms. The highest BCUT2D eigenvalue weighted by atomic mass is 32.2. The lowest BCUT2D eigenvalue weighted by Gasteiger charge is -2.28. The number of sulfone groups is 1. The molecular formula is C20H21NO6S. The molecule has 0 saturated carbocycles. The Morgan fingerprint density at radius 2 is 1.75 bits per heavy atom. The zero-order chi connectivity index (χ0) is 20.1. The van der Waals surface area contributed by atoms with E-state index in [-0.39, 0.29) is 29.4 Å². The molecule has 1 fully saturated rings. The normalized spacial score (nSPS) is 17.8. The minimum Gasteiger partial charge on any atom is -0.508 e. The fourth-order valence-electron chi connectivity index (χ4n) is 3.11. The highest BCUT2D eigenvalue weighted by Gasteiger charge is 2.35.